The largest absolute Gasteiger partial charge is 0.494 e. The van der Waals surface area contributed by atoms with E-state index in [-0.39, 0.29) is 29.1 Å². The maximum atomic E-state index is 12.2. The van der Waals surface area contributed by atoms with Gasteiger partial charge in [-0.15, -0.1) is 0 Å². The summed E-state index contributed by atoms with van der Waals surface area (Å²) in [7, 11) is 4.75. The second-order valence-electron chi connectivity index (χ2n) is 5.18. The number of nitrogens with one attached hydrogen (secondary N) is 1. The zero-order valence-corrected chi connectivity index (χ0v) is 12.9. The summed E-state index contributed by atoms with van der Waals surface area (Å²) in [5, 5.41) is 13.5. The third-order valence-corrected chi connectivity index (χ3v) is 3.80. The summed E-state index contributed by atoms with van der Waals surface area (Å²) in [6, 6.07) is 0. The molecule has 20 heavy (non-hydrogen) atoms. The van der Waals surface area contributed by atoms with Crippen molar-refractivity contribution in [2.45, 2.75) is 26.4 Å². The molecule has 3 unspecified atom stereocenters. The lowest BCUT2D eigenvalue weighted by atomic mass is 9.77. The monoisotopic (exact) mass is 283 g/mol. The number of carbonyl (C=O) groups excluding carboxylic acids is 1. The highest BCUT2D eigenvalue weighted by atomic mass is 16.5. The molecule has 0 aromatic rings. The number of aliphatic hydroxyl groups is 1. The molecule has 114 valence electrons. The van der Waals surface area contributed by atoms with Gasteiger partial charge in [-0.2, -0.15) is 0 Å². The molecule has 0 bridgehead atoms. The van der Waals surface area contributed by atoms with Crippen molar-refractivity contribution >= 4 is 5.78 Å². The van der Waals surface area contributed by atoms with Gasteiger partial charge in [-0.1, -0.05) is 18.6 Å². The molecule has 0 saturated heterocycles. The van der Waals surface area contributed by atoms with Crippen molar-refractivity contribution in [1.29, 1.82) is 0 Å². The molecule has 1 aliphatic carbocycles. The number of hydrogen-bond donors (Lipinski definition) is 2. The molecule has 0 spiro atoms. The summed E-state index contributed by atoms with van der Waals surface area (Å²) in [4.78, 5) is 12.2. The molecule has 2 N–H and O–H groups in total. The van der Waals surface area contributed by atoms with Crippen LogP contribution in [-0.4, -0.2) is 44.8 Å². The lowest BCUT2D eigenvalue weighted by Crippen LogP contribution is -2.40. The Bertz CT molecular complexity index is 414. The smallest absolute Gasteiger partial charge is 0.204 e. The number of Topliss-reactive ketones (excluding diaryl/α,β-unsaturated/α-hetero) is 1. The zero-order chi connectivity index (χ0) is 15.3. The zero-order valence-electron chi connectivity index (χ0n) is 12.9. The van der Waals surface area contributed by atoms with Gasteiger partial charge in [-0.05, 0) is 20.4 Å². The van der Waals surface area contributed by atoms with Crippen LogP contribution in [0.5, 0.6) is 0 Å². The highest BCUT2D eigenvalue weighted by Crippen LogP contribution is 2.35. The van der Waals surface area contributed by atoms with E-state index in [1.807, 2.05) is 20.9 Å². The van der Waals surface area contributed by atoms with Crippen LogP contribution >= 0.6 is 0 Å². The highest BCUT2D eigenvalue weighted by Gasteiger charge is 2.42. The second-order valence-corrected chi connectivity index (χ2v) is 5.18. The minimum atomic E-state index is -0.818. The van der Waals surface area contributed by atoms with Gasteiger partial charge >= 0.3 is 0 Å². The number of aliphatic hydroxyl groups excluding tert-OH is 1. The topological polar surface area (TPSA) is 67.8 Å². The molecule has 0 fully saturated rings. The number of likely N-dealkylation sites (N-methyl/N-ethyl adjacent to an activating group) is 1. The van der Waals surface area contributed by atoms with Crippen molar-refractivity contribution in [2.24, 2.45) is 11.8 Å². The molecular weight excluding hydrogens is 258 g/mol. The van der Waals surface area contributed by atoms with E-state index in [2.05, 4.69) is 11.4 Å². The second kappa shape index (κ2) is 7.45. The van der Waals surface area contributed by atoms with Crippen LogP contribution in [0.4, 0.5) is 0 Å². The number of rotatable bonds is 6. The van der Waals surface area contributed by atoms with Crippen LogP contribution in [0.2, 0.25) is 0 Å². The Morgan fingerprint density at radius 2 is 2.05 bits per heavy atom. The lowest BCUT2D eigenvalue weighted by Gasteiger charge is -2.33. The SMILES string of the molecule is CNC/C(C)=C/CC1C(C)C(=O)C(OC)=C(OC)C1O. The fourth-order valence-corrected chi connectivity index (χ4v) is 2.56. The normalized spacial score (nSPS) is 27.8. The molecule has 0 aromatic carbocycles. The molecule has 0 aliphatic heterocycles. The van der Waals surface area contributed by atoms with Crippen LogP contribution in [0.3, 0.4) is 0 Å². The average molecular weight is 283 g/mol. The van der Waals surface area contributed by atoms with E-state index >= 15 is 0 Å². The molecule has 0 radical (unpaired) electrons. The van der Waals surface area contributed by atoms with Crippen molar-refractivity contribution in [1.82, 2.24) is 5.32 Å². The van der Waals surface area contributed by atoms with Crippen molar-refractivity contribution in [3.63, 3.8) is 0 Å². The van der Waals surface area contributed by atoms with Gasteiger partial charge in [-0.3, -0.25) is 4.79 Å². The van der Waals surface area contributed by atoms with Crippen molar-refractivity contribution in [2.75, 3.05) is 27.8 Å². The summed E-state index contributed by atoms with van der Waals surface area (Å²) < 4.78 is 10.2. The third kappa shape index (κ3) is 3.41. The van der Waals surface area contributed by atoms with Gasteiger partial charge in [0.1, 0.15) is 6.10 Å². The van der Waals surface area contributed by atoms with Crippen molar-refractivity contribution in [3.05, 3.63) is 23.2 Å². The number of carbonyl (C=O) groups is 1. The summed E-state index contributed by atoms with van der Waals surface area (Å²) in [5.74, 6) is -0.222. The van der Waals surface area contributed by atoms with Gasteiger partial charge in [0.15, 0.2) is 5.76 Å². The first-order valence-corrected chi connectivity index (χ1v) is 6.82. The van der Waals surface area contributed by atoms with Gasteiger partial charge in [-0.25, -0.2) is 0 Å². The molecule has 5 nitrogen and oxygen atoms in total. The Morgan fingerprint density at radius 1 is 1.40 bits per heavy atom. The molecule has 1 aliphatic rings. The summed E-state index contributed by atoms with van der Waals surface area (Å²) in [6.07, 6.45) is 1.87. The third-order valence-electron chi connectivity index (χ3n) is 3.80. The number of methoxy groups -OCH3 is 2. The fraction of sp³-hybridized carbons (Fsp3) is 0.667. The minimum absolute atomic E-state index is 0.112. The van der Waals surface area contributed by atoms with E-state index in [4.69, 9.17) is 9.47 Å². The van der Waals surface area contributed by atoms with Gasteiger partial charge < -0.3 is 19.9 Å². The highest BCUT2D eigenvalue weighted by molar-refractivity contribution is 5.97. The summed E-state index contributed by atoms with van der Waals surface area (Å²) >= 11 is 0. The number of ether oxygens (including phenoxy) is 2. The Morgan fingerprint density at radius 3 is 2.55 bits per heavy atom. The van der Waals surface area contributed by atoms with Gasteiger partial charge in [0, 0.05) is 18.4 Å². The minimum Gasteiger partial charge on any atom is -0.494 e. The van der Waals surface area contributed by atoms with Crippen LogP contribution in [-0.2, 0) is 14.3 Å². The molecule has 0 aromatic heterocycles. The fourth-order valence-electron chi connectivity index (χ4n) is 2.56. The van der Waals surface area contributed by atoms with E-state index in [0.29, 0.717) is 6.42 Å². The molecule has 5 heteroatoms. The number of hydrogen-bond acceptors (Lipinski definition) is 5. The number of ketones is 1. The average Bonchev–Trinajstić information content (AvgIpc) is 2.42. The summed E-state index contributed by atoms with van der Waals surface area (Å²) in [5.41, 5.74) is 1.18. The molecule has 0 amide bonds. The van der Waals surface area contributed by atoms with Crippen LogP contribution in [0.15, 0.2) is 23.2 Å². The molecular formula is C15H25NO4. The van der Waals surface area contributed by atoms with Crippen molar-refractivity contribution in [3.8, 4) is 0 Å². The summed E-state index contributed by atoms with van der Waals surface area (Å²) in [6.45, 7) is 4.64. The van der Waals surface area contributed by atoms with E-state index in [0.717, 1.165) is 6.54 Å². The quantitative estimate of drug-likeness (QED) is 0.718. The number of allylic oxidation sites excluding steroid dienone is 2. The Kier molecular flexibility index (Phi) is 6.23. The van der Waals surface area contributed by atoms with Gasteiger partial charge in [0.05, 0.1) is 14.2 Å². The molecule has 0 heterocycles. The van der Waals surface area contributed by atoms with E-state index in [9.17, 15) is 9.90 Å². The lowest BCUT2D eigenvalue weighted by molar-refractivity contribution is -0.128. The first-order valence-electron chi connectivity index (χ1n) is 6.82. The van der Waals surface area contributed by atoms with E-state index < -0.39 is 6.10 Å². The predicted octanol–water partition coefficient (Wildman–Crippen LogP) is 1.24. The van der Waals surface area contributed by atoms with Gasteiger partial charge in [0.2, 0.25) is 11.5 Å². The van der Waals surface area contributed by atoms with E-state index in [1.54, 1.807) is 0 Å². The van der Waals surface area contributed by atoms with Crippen LogP contribution in [0.1, 0.15) is 20.3 Å². The Balaban J connectivity index is 2.97. The maximum absolute atomic E-state index is 12.2. The Hall–Kier alpha value is -1.33. The standard InChI is InChI=1S/C15H25NO4/c1-9(8-16-3)6-7-11-10(2)12(17)14(19-4)15(20-5)13(11)18/h6,10-11,13,16,18H,7-8H2,1-5H3/b9-6+. The first kappa shape index (κ1) is 16.7. The Labute approximate surface area is 120 Å². The van der Waals surface area contributed by atoms with Crippen LogP contribution in [0.25, 0.3) is 0 Å². The van der Waals surface area contributed by atoms with Crippen LogP contribution in [0, 0.1) is 11.8 Å². The molecule has 0 saturated carbocycles. The van der Waals surface area contributed by atoms with Crippen molar-refractivity contribution < 1.29 is 19.4 Å². The molecule has 3 atom stereocenters. The van der Waals surface area contributed by atoms with Crippen LogP contribution < -0.4 is 5.32 Å². The predicted molar refractivity (Wildman–Crippen MR) is 77.0 cm³/mol. The van der Waals surface area contributed by atoms with Gasteiger partial charge in [0.25, 0.3) is 0 Å². The van der Waals surface area contributed by atoms with E-state index in [1.165, 1.54) is 19.8 Å². The molecule has 1 rings (SSSR count). The first-order chi connectivity index (χ1) is 9.47. The maximum Gasteiger partial charge on any atom is 0.204 e.